The fourth-order valence-corrected chi connectivity index (χ4v) is 1.97. The molecule has 1 N–H and O–H groups in total. The maximum Gasteiger partial charge on any atom is 0.265 e. The minimum Gasteiger partial charge on any atom is -0.348 e. The molecule has 16 heavy (non-hydrogen) atoms. The number of nitrogens with one attached hydrogen (secondary N) is 1. The van der Waals surface area contributed by atoms with Crippen LogP contribution in [0.3, 0.4) is 0 Å². The molecule has 1 amide bonds. The summed E-state index contributed by atoms with van der Waals surface area (Å²) in [5, 5.41) is 6.78. The zero-order chi connectivity index (χ0) is 12.1. The maximum atomic E-state index is 11.9. The zero-order valence-electron chi connectivity index (χ0n) is 9.65. The molecule has 5 heteroatoms. The van der Waals surface area contributed by atoms with E-state index in [4.69, 9.17) is 6.42 Å². The van der Waals surface area contributed by atoms with Crippen LogP contribution in [0.25, 0.3) is 0 Å². The Morgan fingerprint density at radius 1 is 1.56 bits per heavy atom. The summed E-state index contributed by atoms with van der Waals surface area (Å²) < 4.78 is 3.81. The number of rotatable bonds is 4. The smallest absolute Gasteiger partial charge is 0.265 e. The highest BCUT2D eigenvalue weighted by Crippen LogP contribution is 2.19. The predicted molar refractivity (Wildman–Crippen MR) is 64.4 cm³/mol. The minimum atomic E-state index is -0.138. The molecule has 1 atom stereocenters. The lowest BCUT2D eigenvalue weighted by Gasteiger charge is -2.10. The van der Waals surface area contributed by atoms with E-state index in [0.29, 0.717) is 11.3 Å². The van der Waals surface area contributed by atoms with E-state index in [1.807, 2.05) is 20.8 Å². The molecule has 1 aromatic rings. The Balaban J connectivity index is 2.74. The fraction of sp³-hybridized carbons (Fsp3) is 0.545. The molecule has 0 aromatic carbocycles. The van der Waals surface area contributed by atoms with E-state index in [-0.39, 0.29) is 17.9 Å². The third kappa shape index (κ3) is 3.04. The Labute approximate surface area is 99.6 Å². The monoisotopic (exact) mass is 237 g/mol. The number of carbonyl (C=O) groups excluding carboxylic acids is 1. The Morgan fingerprint density at radius 2 is 2.25 bits per heavy atom. The first-order valence-electron chi connectivity index (χ1n) is 5.12. The van der Waals surface area contributed by atoms with Crippen LogP contribution in [0.1, 0.15) is 48.5 Å². The number of aromatic nitrogens is 2. The summed E-state index contributed by atoms with van der Waals surface area (Å²) in [6, 6.07) is -0.0281. The average molecular weight is 237 g/mol. The summed E-state index contributed by atoms with van der Waals surface area (Å²) in [6.45, 7) is 5.85. The molecule has 0 aliphatic rings. The van der Waals surface area contributed by atoms with E-state index < -0.39 is 0 Å². The Kier molecular flexibility index (Phi) is 4.44. The molecule has 0 aliphatic carbocycles. The van der Waals surface area contributed by atoms with Crippen LogP contribution in [0, 0.1) is 12.3 Å². The lowest BCUT2D eigenvalue weighted by atomic mass is 10.1. The number of nitrogens with zero attached hydrogens (tertiary/aromatic N) is 2. The number of hydrogen-bond donors (Lipinski definition) is 1. The highest BCUT2D eigenvalue weighted by atomic mass is 32.1. The van der Waals surface area contributed by atoms with E-state index in [0.717, 1.165) is 17.2 Å². The third-order valence-electron chi connectivity index (χ3n) is 2.07. The van der Waals surface area contributed by atoms with Gasteiger partial charge in [-0.15, -0.1) is 17.4 Å². The Hall–Kier alpha value is -1.41. The quantitative estimate of drug-likeness (QED) is 0.812. The number of amides is 1. The molecule has 0 bridgehead atoms. The van der Waals surface area contributed by atoms with Crippen molar-refractivity contribution in [1.29, 1.82) is 0 Å². The van der Waals surface area contributed by atoms with Crippen LogP contribution in [-0.4, -0.2) is 21.5 Å². The van der Waals surface area contributed by atoms with Crippen molar-refractivity contribution in [2.45, 2.75) is 39.2 Å². The van der Waals surface area contributed by atoms with Crippen LogP contribution in [0.15, 0.2) is 0 Å². The van der Waals surface area contributed by atoms with Gasteiger partial charge in [0.05, 0.1) is 5.69 Å². The van der Waals surface area contributed by atoms with Crippen molar-refractivity contribution in [1.82, 2.24) is 14.9 Å². The molecule has 1 rings (SSSR count). The van der Waals surface area contributed by atoms with Crippen molar-refractivity contribution >= 4 is 17.4 Å². The molecular formula is C11H15N3OS. The highest BCUT2D eigenvalue weighted by Gasteiger charge is 2.19. The van der Waals surface area contributed by atoms with Crippen molar-refractivity contribution in [3.05, 3.63) is 10.6 Å². The first kappa shape index (κ1) is 12.7. The second-order valence-electron chi connectivity index (χ2n) is 3.92. The van der Waals surface area contributed by atoms with Gasteiger partial charge in [-0.2, -0.15) is 0 Å². The first-order chi connectivity index (χ1) is 7.56. The van der Waals surface area contributed by atoms with Gasteiger partial charge in [-0.3, -0.25) is 4.79 Å². The van der Waals surface area contributed by atoms with Crippen molar-refractivity contribution in [2.75, 3.05) is 0 Å². The lowest BCUT2D eigenvalue weighted by molar-refractivity contribution is 0.0943. The molecule has 0 aliphatic heterocycles. The normalized spacial score (nSPS) is 12.2. The van der Waals surface area contributed by atoms with E-state index >= 15 is 0 Å². The summed E-state index contributed by atoms with van der Waals surface area (Å²) in [6.07, 6.45) is 5.70. The predicted octanol–water partition coefficient (Wildman–Crippen LogP) is 1.80. The van der Waals surface area contributed by atoms with Crippen LogP contribution >= 0.6 is 11.5 Å². The zero-order valence-corrected chi connectivity index (χ0v) is 10.5. The third-order valence-corrected chi connectivity index (χ3v) is 2.81. The van der Waals surface area contributed by atoms with Crippen molar-refractivity contribution < 1.29 is 4.79 Å². The largest absolute Gasteiger partial charge is 0.348 e. The number of terminal acetylenes is 1. The summed E-state index contributed by atoms with van der Waals surface area (Å²) in [5.74, 6) is 2.57. The maximum absolute atomic E-state index is 11.9. The Morgan fingerprint density at radius 3 is 2.81 bits per heavy atom. The molecule has 1 unspecified atom stereocenters. The molecule has 4 nitrogen and oxygen atoms in total. The van der Waals surface area contributed by atoms with Gasteiger partial charge in [0.25, 0.3) is 5.91 Å². The van der Waals surface area contributed by atoms with Crippen LogP contribution in [-0.2, 0) is 0 Å². The van der Waals surface area contributed by atoms with Crippen molar-refractivity contribution in [3.63, 3.8) is 0 Å². The molecule has 0 spiro atoms. The summed E-state index contributed by atoms with van der Waals surface area (Å²) in [4.78, 5) is 12.4. The second kappa shape index (κ2) is 5.61. The van der Waals surface area contributed by atoms with Gasteiger partial charge in [0, 0.05) is 12.5 Å². The molecule has 1 aromatic heterocycles. The van der Waals surface area contributed by atoms with Gasteiger partial charge in [0.1, 0.15) is 4.88 Å². The molecular weight excluding hydrogens is 222 g/mol. The topological polar surface area (TPSA) is 54.9 Å². The average Bonchev–Trinajstić information content (AvgIpc) is 2.65. The van der Waals surface area contributed by atoms with Gasteiger partial charge in [-0.05, 0) is 24.4 Å². The molecule has 1 heterocycles. The van der Waals surface area contributed by atoms with E-state index in [2.05, 4.69) is 20.8 Å². The van der Waals surface area contributed by atoms with Crippen LogP contribution in [0.5, 0.6) is 0 Å². The Bertz CT molecular complexity index is 406. The van der Waals surface area contributed by atoms with E-state index in [1.54, 1.807) is 0 Å². The molecule has 0 saturated heterocycles. The minimum absolute atomic E-state index is 0.0281. The molecule has 86 valence electrons. The SMILES string of the molecule is C#CCC(C)NC(=O)c1snnc1C(C)C. The molecule has 0 saturated carbocycles. The first-order valence-corrected chi connectivity index (χ1v) is 5.90. The van der Waals surface area contributed by atoms with E-state index in [1.165, 1.54) is 0 Å². The van der Waals surface area contributed by atoms with Crippen molar-refractivity contribution in [3.8, 4) is 12.3 Å². The van der Waals surface area contributed by atoms with Gasteiger partial charge >= 0.3 is 0 Å². The van der Waals surface area contributed by atoms with Gasteiger partial charge in [0.15, 0.2) is 0 Å². The molecule has 0 fully saturated rings. The van der Waals surface area contributed by atoms with Gasteiger partial charge in [0.2, 0.25) is 0 Å². The van der Waals surface area contributed by atoms with Crippen molar-refractivity contribution in [2.24, 2.45) is 0 Å². The summed E-state index contributed by atoms with van der Waals surface area (Å²) in [7, 11) is 0. The number of hydrogen-bond acceptors (Lipinski definition) is 4. The van der Waals surface area contributed by atoms with Crippen LogP contribution < -0.4 is 5.32 Å². The lowest BCUT2D eigenvalue weighted by Crippen LogP contribution is -2.32. The van der Waals surface area contributed by atoms with Gasteiger partial charge in [-0.1, -0.05) is 18.3 Å². The summed E-state index contributed by atoms with van der Waals surface area (Å²) >= 11 is 1.12. The second-order valence-corrected chi connectivity index (χ2v) is 4.68. The fourth-order valence-electron chi connectivity index (χ4n) is 1.25. The van der Waals surface area contributed by atoms with Crippen LogP contribution in [0.4, 0.5) is 0 Å². The summed E-state index contributed by atoms with van der Waals surface area (Å²) in [5.41, 5.74) is 0.746. The van der Waals surface area contributed by atoms with Crippen LogP contribution in [0.2, 0.25) is 0 Å². The van der Waals surface area contributed by atoms with Gasteiger partial charge < -0.3 is 5.32 Å². The molecule has 0 radical (unpaired) electrons. The van der Waals surface area contributed by atoms with Gasteiger partial charge in [-0.25, -0.2) is 0 Å². The standard InChI is InChI=1S/C11H15N3OS/c1-5-6-8(4)12-11(15)10-9(7(2)3)13-14-16-10/h1,7-8H,6H2,2-4H3,(H,12,15). The van der Waals surface area contributed by atoms with E-state index in [9.17, 15) is 4.79 Å². The highest BCUT2D eigenvalue weighted by molar-refractivity contribution is 7.08. The number of carbonyl (C=O) groups is 1.